The minimum atomic E-state index is -0.589. The summed E-state index contributed by atoms with van der Waals surface area (Å²) < 4.78 is 5.10. The van der Waals surface area contributed by atoms with Crippen LogP contribution in [0.3, 0.4) is 0 Å². The van der Waals surface area contributed by atoms with E-state index in [9.17, 15) is 19.7 Å². The van der Waals surface area contributed by atoms with Gasteiger partial charge < -0.3 is 15.1 Å². The van der Waals surface area contributed by atoms with Crippen LogP contribution in [-0.4, -0.2) is 23.3 Å². The van der Waals surface area contributed by atoms with E-state index in [-0.39, 0.29) is 24.3 Å². The number of nitrogens with zero attached hydrogens (tertiary/aromatic N) is 1. The molecule has 0 aliphatic heterocycles. The summed E-state index contributed by atoms with van der Waals surface area (Å²) in [4.78, 5) is 36.2. The molecule has 1 heterocycles. The molecule has 0 aliphatic rings. The molecule has 3 aromatic rings. The second-order valence-corrected chi connectivity index (χ2v) is 7.59. The Bertz CT molecular complexity index is 1050. The van der Waals surface area contributed by atoms with Crippen molar-refractivity contribution in [3.8, 4) is 0 Å². The first-order valence-electron chi connectivity index (χ1n) is 8.71. The number of hydrogen-bond acceptors (Lipinski definition) is 6. The summed E-state index contributed by atoms with van der Waals surface area (Å²) in [5, 5.41) is 17.1. The van der Waals surface area contributed by atoms with Gasteiger partial charge in [-0.25, -0.2) is 0 Å². The molecule has 0 saturated carbocycles. The molecule has 10 heteroatoms. The Morgan fingerprint density at radius 2 is 1.87 bits per heavy atom. The van der Waals surface area contributed by atoms with Gasteiger partial charge in [0.2, 0.25) is 5.91 Å². The molecule has 2 N–H and O–H groups in total. The fourth-order valence-electron chi connectivity index (χ4n) is 2.44. The van der Waals surface area contributed by atoms with E-state index in [0.717, 1.165) is 4.90 Å². The molecule has 0 saturated heterocycles. The van der Waals surface area contributed by atoms with Crippen molar-refractivity contribution in [2.75, 3.05) is 6.54 Å². The molecule has 0 aliphatic carbocycles. The highest BCUT2D eigenvalue weighted by Crippen LogP contribution is 2.35. The fraction of sp³-hybridized carbons (Fsp3) is 0.100. The maximum absolute atomic E-state index is 12.3. The maximum atomic E-state index is 12.3. The number of nitro groups is 1. The number of nitro benzene ring substituents is 1. The number of carbonyl (C=O) groups excluding carboxylic acids is 2. The Hall–Kier alpha value is -3.30. The van der Waals surface area contributed by atoms with Gasteiger partial charge in [0.05, 0.1) is 29.2 Å². The third kappa shape index (κ3) is 5.85. The Labute approximate surface area is 180 Å². The first kappa shape index (κ1) is 21.4. The smallest absolute Gasteiger partial charge is 0.284 e. The summed E-state index contributed by atoms with van der Waals surface area (Å²) in [5.74, 6) is -0.419. The van der Waals surface area contributed by atoms with Crippen LogP contribution in [0.15, 0.2) is 75.1 Å². The molecule has 0 bridgehead atoms. The molecule has 2 aromatic carbocycles. The number of hydrogen-bond donors (Lipinski definition) is 2. The van der Waals surface area contributed by atoms with Gasteiger partial charge in [-0.15, -0.1) is 0 Å². The standard InChI is InChI=1S/C20H16ClN3O5S/c21-14-4-6-16(7-5-14)30-18-8-3-13(10-17(18)24(27)28)20(26)23-12-19(25)22-11-15-2-1-9-29-15/h1-10H,11-12H2,(H,22,25)(H,23,26). The van der Waals surface area contributed by atoms with Gasteiger partial charge in [0.15, 0.2) is 0 Å². The summed E-state index contributed by atoms with van der Waals surface area (Å²) in [6.45, 7) is -0.0710. The zero-order chi connectivity index (χ0) is 21.5. The quantitative estimate of drug-likeness (QED) is 0.399. The Kier molecular flexibility index (Phi) is 7.10. The highest BCUT2D eigenvalue weighted by atomic mass is 35.5. The molecule has 0 fully saturated rings. The van der Waals surface area contributed by atoms with Gasteiger partial charge in [0.25, 0.3) is 11.6 Å². The van der Waals surface area contributed by atoms with Gasteiger partial charge in [0.1, 0.15) is 5.76 Å². The van der Waals surface area contributed by atoms with E-state index in [1.165, 1.54) is 36.2 Å². The highest BCUT2D eigenvalue weighted by molar-refractivity contribution is 7.99. The largest absolute Gasteiger partial charge is 0.467 e. The van der Waals surface area contributed by atoms with Crippen molar-refractivity contribution in [1.82, 2.24) is 10.6 Å². The van der Waals surface area contributed by atoms with E-state index in [4.69, 9.17) is 16.0 Å². The lowest BCUT2D eigenvalue weighted by Gasteiger charge is -2.08. The lowest BCUT2D eigenvalue weighted by atomic mass is 10.2. The summed E-state index contributed by atoms with van der Waals surface area (Å²) in [5.41, 5.74) is -0.120. The van der Waals surface area contributed by atoms with E-state index >= 15 is 0 Å². The molecule has 1 aromatic heterocycles. The lowest BCUT2D eigenvalue weighted by Crippen LogP contribution is -2.36. The van der Waals surface area contributed by atoms with Gasteiger partial charge in [-0.2, -0.15) is 0 Å². The molecule has 8 nitrogen and oxygen atoms in total. The summed E-state index contributed by atoms with van der Waals surface area (Å²) in [7, 11) is 0. The van der Waals surface area contributed by atoms with Gasteiger partial charge in [-0.3, -0.25) is 19.7 Å². The van der Waals surface area contributed by atoms with Gasteiger partial charge in [-0.1, -0.05) is 23.4 Å². The molecule has 30 heavy (non-hydrogen) atoms. The predicted molar refractivity (Wildman–Crippen MR) is 112 cm³/mol. The minimum Gasteiger partial charge on any atom is -0.467 e. The highest BCUT2D eigenvalue weighted by Gasteiger charge is 2.19. The van der Waals surface area contributed by atoms with Gasteiger partial charge >= 0.3 is 0 Å². The van der Waals surface area contributed by atoms with Crippen molar-refractivity contribution < 1.29 is 18.9 Å². The summed E-state index contributed by atoms with van der Waals surface area (Å²) in [6.07, 6.45) is 1.49. The van der Waals surface area contributed by atoms with Crippen LogP contribution in [0.2, 0.25) is 5.02 Å². The summed E-state index contributed by atoms with van der Waals surface area (Å²) in [6, 6.07) is 14.5. The number of halogens is 1. The molecule has 0 spiro atoms. The van der Waals surface area contributed by atoms with E-state index in [1.807, 2.05) is 0 Å². The first-order valence-corrected chi connectivity index (χ1v) is 9.91. The van der Waals surface area contributed by atoms with Crippen LogP contribution in [-0.2, 0) is 11.3 Å². The number of carbonyl (C=O) groups is 2. The van der Waals surface area contributed by atoms with Gasteiger partial charge in [0, 0.05) is 21.5 Å². The number of benzene rings is 2. The Balaban J connectivity index is 1.62. The fourth-order valence-corrected chi connectivity index (χ4v) is 3.47. The SMILES string of the molecule is O=C(CNC(=O)c1ccc(Sc2ccc(Cl)cc2)c([N+](=O)[O-])c1)NCc1ccco1. The van der Waals surface area contributed by atoms with E-state index in [2.05, 4.69) is 10.6 Å². The second kappa shape index (κ2) is 9.95. The molecular weight excluding hydrogens is 430 g/mol. The molecular formula is C20H16ClN3O5S. The average molecular weight is 446 g/mol. The van der Waals surface area contributed by atoms with Crippen molar-refractivity contribution in [2.24, 2.45) is 0 Å². The summed E-state index contributed by atoms with van der Waals surface area (Å²) >= 11 is 7.04. The molecule has 3 rings (SSSR count). The van der Waals surface area contributed by atoms with Gasteiger partial charge in [-0.05, 0) is 48.5 Å². The van der Waals surface area contributed by atoms with Crippen LogP contribution in [0.1, 0.15) is 16.1 Å². The number of amides is 2. The van der Waals surface area contributed by atoms with Crippen molar-refractivity contribution in [3.63, 3.8) is 0 Å². The van der Waals surface area contributed by atoms with Crippen molar-refractivity contribution >= 4 is 40.9 Å². The minimum absolute atomic E-state index is 0.0843. The first-order chi connectivity index (χ1) is 14.4. The van der Waals surface area contributed by atoms with Crippen LogP contribution < -0.4 is 10.6 Å². The monoisotopic (exact) mass is 445 g/mol. The molecule has 0 radical (unpaired) electrons. The number of nitrogens with one attached hydrogen (secondary N) is 2. The topological polar surface area (TPSA) is 114 Å². The molecule has 0 atom stereocenters. The molecule has 0 unspecified atom stereocenters. The molecule has 154 valence electrons. The van der Waals surface area contributed by atoms with Crippen LogP contribution >= 0.6 is 23.4 Å². The zero-order valence-corrected chi connectivity index (χ0v) is 17.0. The second-order valence-electron chi connectivity index (χ2n) is 6.03. The van der Waals surface area contributed by atoms with Crippen molar-refractivity contribution in [2.45, 2.75) is 16.3 Å². The van der Waals surface area contributed by atoms with E-state index < -0.39 is 16.7 Å². The lowest BCUT2D eigenvalue weighted by molar-refractivity contribution is -0.387. The van der Waals surface area contributed by atoms with Crippen LogP contribution in [0.25, 0.3) is 0 Å². The Morgan fingerprint density at radius 1 is 1.10 bits per heavy atom. The maximum Gasteiger partial charge on any atom is 0.284 e. The third-order valence-electron chi connectivity index (χ3n) is 3.91. The number of rotatable bonds is 8. The van der Waals surface area contributed by atoms with Crippen molar-refractivity contribution in [1.29, 1.82) is 0 Å². The van der Waals surface area contributed by atoms with E-state index in [0.29, 0.717) is 15.7 Å². The average Bonchev–Trinajstić information content (AvgIpc) is 3.26. The third-order valence-corrected chi connectivity index (χ3v) is 5.23. The normalized spacial score (nSPS) is 10.4. The van der Waals surface area contributed by atoms with Crippen LogP contribution in [0.4, 0.5) is 5.69 Å². The predicted octanol–water partition coefficient (Wildman–Crippen LogP) is 4.04. The van der Waals surface area contributed by atoms with Crippen LogP contribution in [0.5, 0.6) is 0 Å². The zero-order valence-electron chi connectivity index (χ0n) is 15.5. The Morgan fingerprint density at radius 3 is 2.53 bits per heavy atom. The van der Waals surface area contributed by atoms with E-state index in [1.54, 1.807) is 36.4 Å². The molecule has 2 amide bonds. The van der Waals surface area contributed by atoms with Crippen LogP contribution in [0, 0.1) is 10.1 Å². The van der Waals surface area contributed by atoms with Crippen molar-refractivity contribution in [3.05, 3.63) is 87.3 Å². The number of furan rings is 1.